The molecular formula is C14H16N2O5. The van der Waals surface area contributed by atoms with Crippen molar-refractivity contribution in [3.63, 3.8) is 0 Å². The summed E-state index contributed by atoms with van der Waals surface area (Å²) < 4.78 is 0. The average Bonchev–Trinajstić information content (AvgIpc) is 2.38. The van der Waals surface area contributed by atoms with Gasteiger partial charge in [-0.2, -0.15) is 0 Å². The molecule has 7 nitrogen and oxygen atoms in total. The maximum absolute atomic E-state index is 12.2. The molecule has 0 bridgehead atoms. The van der Waals surface area contributed by atoms with E-state index in [-0.39, 0.29) is 17.8 Å². The van der Waals surface area contributed by atoms with Crippen molar-refractivity contribution in [2.24, 2.45) is 5.41 Å². The molecule has 0 aliphatic heterocycles. The smallest absolute Gasteiger partial charge is 0.269 e. The molecule has 2 amide bonds. The molecule has 0 aliphatic carbocycles. The molecule has 0 radical (unpaired) electrons. The number of carbonyl (C=O) groups excluding carboxylic acids is 3. The molecule has 0 fully saturated rings. The fourth-order valence-corrected chi connectivity index (χ4v) is 1.74. The van der Waals surface area contributed by atoms with Gasteiger partial charge in [-0.15, -0.1) is 0 Å². The normalized spacial score (nSPS) is 10.8. The summed E-state index contributed by atoms with van der Waals surface area (Å²) in [5.74, 6) is -1.05. The van der Waals surface area contributed by atoms with Gasteiger partial charge in [0, 0.05) is 30.9 Å². The van der Waals surface area contributed by atoms with Crippen LogP contribution in [0.25, 0.3) is 0 Å². The van der Waals surface area contributed by atoms with Crippen LogP contribution in [0.2, 0.25) is 0 Å². The second-order valence-electron chi connectivity index (χ2n) is 5.30. The number of amides is 2. The Morgan fingerprint density at radius 3 is 2.19 bits per heavy atom. The molecule has 0 saturated carbocycles. The SMILES string of the molecule is CC(=O)N(C(=O)CC(C)(C)C=O)c1ccc([N+](=O)[O-])cc1. The van der Waals surface area contributed by atoms with Crippen LogP contribution in [0.4, 0.5) is 11.4 Å². The summed E-state index contributed by atoms with van der Waals surface area (Å²) in [6, 6.07) is 5.07. The average molecular weight is 292 g/mol. The number of carbonyl (C=O) groups is 3. The van der Waals surface area contributed by atoms with Crippen molar-refractivity contribution < 1.29 is 19.3 Å². The zero-order valence-corrected chi connectivity index (χ0v) is 12.0. The summed E-state index contributed by atoms with van der Waals surface area (Å²) in [7, 11) is 0. The second-order valence-corrected chi connectivity index (χ2v) is 5.30. The lowest BCUT2D eigenvalue weighted by molar-refractivity contribution is -0.384. The van der Waals surface area contributed by atoms with Gasteiger partial charge in [0.15, 0.2) is 0 Å². The van der Waals surface area contributed by atoms with Gasteiger partial charge in [0.05, 0.1) is 10.6 Å². The first kappa shape index (κ1) is 16.5. The molecule has 1 aromatic carbocycles. The molecule has 0 saturated heterocycles. The number of hydrogen-bond donors (Lipinski definition) is 0. The fourth-order valence-electron chi connectivity index (χ4n) is 1.74. The molecule has 21 heavy (non-hydrogen) atoms. The zero-order valence-electron chi connectivity index (χ0n) is 12.0. The van der Waals surface area contributed by atoms with Crippen molar-refractivity contribution in [2.45, 2.75) is 27.2 Å². The van der Waals surface area contributed by atoms with Gasteiger partial charge >= 0.3 is 0 Å². The van der Waals surface area contributed by atoms with Gasteiger partial charge in [0.1, 0.15) is 6.29 Å². The first-order valence-corrected chi connectivity index (χ1v) is 6.22. The Labute approximate surface area is 121 Å². The Morgan fingerprint density at radius 2 is 1.81 bits per heavy atom. The first-order chi connectivity index (χ1) is 9.68. The fraction of sp³-hybridized carbons (Fsp3) is 0.357. The zero-order chi connectivity index (χ0) is 16.2. The summed E-state index contributed by atoms with van der Waals surface area (Å²) in [4.78, 5) is 45.7. The van der Waals surface area contributed by atoms with Gasteiger partial charge in [0.25, 0.3) is 5.69 Å². The highest BCUT2D eigenvalue weighted by molar-refractivity contribution is 6.14. The standard InChI is InChI=1S/C14H16N2O5/c1-10(18)15(13(19)8-14(2,3)9-17)11-4-6-12(7-5-11)16(20)21/h4-7,9H,8H2,1-3H3. The van der Waals surface area contributed by atoms with Crippen LogP contribution in [-0.2, 0) is 14.4 Å². The highest BCUT2D eigenvalue weighted by Gasteiger charge is 2.28. The third-order valence-electron chi connectivity index (χ3n) is 2.81. The van der Waals surface area contributed by atoms with Crippen LogP contribution in [0, 0.1) is 15.5 Å². The van der Waals surface area contributed by atoms with E-state index in [1.165, 1.54) is 31.2 Å². The molecule has 7 heteroatoms. The quantitative estimate of drug-likeness (QED) is 0.470. The first-order valence-electron chi connectivity index (χ1n) is 6.22. The van der Waals surface area contributed by atoms with E-state index < -0.39 is 22.2 Å². The van der Waals surface area contributed by atoms with E-state index in [0.717, 1.165) is 4.90 Å². The summed E-state index contributed by atoms with van der Waals surface area (Å²) in [5.41, 5.74) is -0.784. The Morgan fingerprint density at radius 1 is 1.29 bits per heavy atom. The van der Waals surface area contributed by atoms with Crippen molar-refractivity contribution in [2.75, 3.05) is 4.90 Å². The van der Waals surface area contributed by atoms with E-state index in [4.69, 9.17) is 0 Å². The van der Waals surface area contributed by atoms with E-state index >= 15 is 0 Å². The topological polar surface area (TPSA) is 97.6 Å². The van der Waals surface area contributed by atoms with Crippen LogP contribution in [0.5, 0.6) is 0 Å². The monoisotopic (exact) mass is 292 g/mol. The molecule has 1 aromatic rings. The second kappa shape index (κ2) is 6.25. The molecule has 0 aliphatic rings. The number of imide groups is 1. The van der Waals surface area contributed by atoms with Crippen LogP contribution in [0.3, 0.4) is 0 Å². The van der Waals surface area contributed by atoms with Gasteiger partial charge in [-0.1, -0.05) is 13.8 Å². The Balaban J connectivity index is 3.07. The van der Waals surface area contributed by atoms with Crippen LogP contribution >= 0.6 is 0 Å². The molecular weight excluding hydrogens is 276 g/mol. The minimum absolute atomic E-state index is 0.132. The maximum atomic E-state index is 12.2. The number of aldehydes is 1. The summed E-state index contributed by atoms with van der Waals surface area (Å²) >= 11 is 0. The predicted molar refractivity (Wildman–Crippen MR) is 75.7 cm³/mol. The summed E-state index contributed by atoms with van der Waals surface area (Å²) in [6.07, 6.45) is 0.520. The predicted octanol–water partition coefficient (Wildman–Crippen LogP) is 2.09. The largest absolute Gasteiger partial charge is 0.303 e. The number of rotatable bonds is 5. The van der Waals surface area contributed by atoms with Crippen molar-refractivity contribution >= 4 is 29.5 Å². The number of nitrogens with zero attached hydrogens (tertiary/aromatic N) is 2. The lowest BCUT2D eigenvalue weighted by atomic mass is 9.90. The third kappa shape index (κ3) is 4.20. The lowest BCUT2D eigenvalue weighted by Gasteiger charge is -2.23. The molecule has 0 spiro atoms. The number of anilines is 1. The van der Waals surface area contributed by atoms with E-state index in [1.54, 1.807) is 13.8 Å². The highest BCUT2D eigenvalue weighted by Crippen LogP contribution is 2.24. The van der Waals surface area contributed by atoms with Gasteiger partial charge in [-0.25, -0.2) is 0 Å². The number of non-ortho nitro benzene ring substituents is 1. The van der Waals surface area contributed by atoms with Crippen LogP contribution < -0.4 is 4.90 Å². The molecule has 112 valence electrons. The van der Waals surface area contributed by atoms with Gasteiger partial charge in [-0.3, -0.25) is 24.6 Å². The van der Waals surface area contributed by atoms with E-state index in [1.807, 2.05) is 0 Å². The number of nitro groups is 1. The molecule has 0 unspecified atom stereocenters. The molecule has 0 N–H and O–H groups in total. The van der Waals surface area contributed by atoms with Crippen LogP contribution in [0.1, 0.15) is 27.2 Å². The number of nitro benzene ring substituents is 1. The Kier molecular flexibility index (Phi) is 4.91. The van der Waals surface area contributed by atoms with E-state index in [0.29, 0.717) is 6.29 Å². The summed E-state index contributed by atoms with van der Waals surface area (Å²) in [6.45, 7) is 4.39. The van der Waals surface area contributed by atoms with E-state index in [2.05, 4.69) is 0 Å². The Hall–Kier alpha value is -2.57. The minimum atomic E-state index is -0.883. The maximum Gasteiger partial charge on any atom is 0.269 e. The van der Waals surface area contributed by atoms with Crippen molar-refractivity contribution in [1.82, 2.24) is 0 Å². The van der Waals surface area contributed by atoms with Crippen molar-refractivity contribution in [3.05, 3.63) is 34.4 Å². The van der Waals surface area contributed by atoms with Crippen molar-refractivity contribution in [3.8, 4) is 0 Å². The van der Waals surface area contributed by atoms with Gasteiger partial charge in [0.2, 0.25) is 11.8 Å². The van der Waals surface area contributed by atoms with Crippen LogP contribution in [0.15, 0.2) is 24.3 Å². The van der Waals surface area contributed by atoms with Gasteiger partial charge in [-0.05, 0) is 12.1 Å². The van der Waals surface area contributed by atoms with Crippen molar-refractivity contribution in [1.29, 1.82) is 0 Å². The van der Waals surface area contributed by atoms with Gasteiger partial charge < -0.3 is 4.79 Å². The highest BCUT2D eigenvalue weighted by atomic mass is 16.6. The third-order valence-corrected chi connectivity index (χ3v) is 2.81. The summed E-state index contributed by atoms with van der Waals surface area (Å²) in [5, 5.41) is 10.6. The van der Waals surface area contributed by atoms with E-state index in [9.17, 15) is 24.5 Å². The number of hydrogen-bond acceptors (Lipinski definition) is 5. The molecule has 0 heterocycles. The Bertz CT molecular complexity index is 578. The molecule has 0 aromatic heterocycles. The lowest BCUT2D eigenvalue weighted by Crippen LogP contribution is -2.38. The minimum Gasteiger partial charge on any atom is -0.303 e. The van der Waals surface area contributed by atoms with Crippen LogP contribution in [-0.4, -0.2) is 23.0 Å². The molecule has 1 rings (SSSR count). The number of benzene rings is 1. The molecule has 0 atom stereocenters.